The maximum Gasteiger partial charge on any atom is 0.359 e. The van der Waals surface area contributed by atoms with E-state index < -0.39 is 5.97 Å². The van der Waals surface area contributed by atoms with Gasteiger partial charge in [-0.25, -0.2) is 9.78 Å². The molecule has 0 saturated carbocycles. The van der Waals surface area contributed by atoms with Crippen molar-refractivity contribution in [3.63, 3.8) is 0 Å². The predicted molar refractivity (Wildman–Crippen MR) is 136 cm³/mol. The number of rotatable bonds is 9. The second-order valence-electron chi connectivity index (χ2n) is 9.05. The molecule has 4 aromatic rings. The molecule has 5 rings (SSSR count). The second kappa shape index (κ2) is 10.8. The zero-order chi connectivity index (χ0) is 24.9. The Morgan fingerprint density at radius 2 is 1.83 bits per heavy atom. The summed E-state index contributed by atoms with van der Waals surface area (Å²) in [5, 5.41) is 4.65. The van der Waals surface area contributed by atoms with Crippen molar-refractivity contribution in [1.29, 1.82) is 0 Å². The SMILES string of the molecule is CCOC(=O)c1nn(CCCc2ccccc2)c2c1CN(C(=O)CCn1cnc3ccccc31)CC2. The molecule has 1 aliphatic heterocycles. The Bertz CT molecular complexity index is 1360. The van der Waals surface area contributed by atoms with E-state index in [4.69, 9.17) is 4.74 Å². The van der Waals surface area contributed by atoms with Gasteiger partial charge in [0.1, 0.15) is 0 Å². The summed E-state index contributed by atoms with van der Waals surface area (Å²) >= 11 is 0. The smallest absolute Gasteiger partial charge is 0.359 e. The van der Waals surface area contributed by atoms with Gasteiger partial charge in [0.05, 0.1) is 24.0 Å². The molecule has 3 heterocycles. The average Bonchev–Trinajstić information content (AvgIpc) is 3.49. The monoisotopic (exact) mass is 485 g/mol. The van der Waals surface area contributed by atoms with Crippen LogP contribution in [0.3, 0.4) is 0 Å². The number of hydrogen-bond donors (Lipinski definition) is 0. The quantitative estimate of drug-likeness (QED) is 0.335. The number of carbonyl (C=O) groups is 2. The molecule has 8 heteroatoms. The molecule has 186 valence electrons. The fourth-order valence-corrected chi connectivity index (χ4v) is 4.89. The van der Waals surface area contributed by atoms with E-state index in [1.54, 1.807) is 13.3 Å². The lowest BCUT2D eigenvalue weighted by molar-refractivity contribution is -0.132. The van der Waals surface area contributed by atoms with Crippen molar-refractivity contribution >= 4 is 22.9 Å². The Morgan fingerprint density at radius 1 is 1.03 bits per heavy atom. The van der Waals surface area contributed by atoms with Crippen LogP contribution in [0.5, 0.6) is 0 Å². The fraction of sp³-hybridized carbons (Fsp3) is 0.357. The molecule has 0 fully saturated rings. The lowest BCUT2D eigenvalue weighted by atomic mass is 10.0. The highest BCUT2D eigenvalue weighted by molar-refractivity contribution is 5.89. The normalized spacial score (nSPS) is 13.1. The minimum absolute atomic E-state index is 0.0602. The number of para-hydroxylation sites is 2. The van der Waals surface area contributed by atoms with Gasteiger partial charge in [0, 0.05) is 50.3 Å². The molecule has 2 aromatic carbocycles. The minimum atomic E-state index is -0.422. The molecule has 0 bridgehead atoms. The number of fused-ring (bicyclic) bond motifs is 2. The zero-order valence-corrected chi connectivity index (χ0v) is 20.6. The summed E-state index contributed by atoms with van der Waals surface area (Å²) in [4.78, 5) is 32.1. The predicted octanol–water partition coefficient (Wildman–Crippen LogP) is 4.02. The molecule has 0 radical (unpaired) electrons. The molecule has 8 nitrogen and oxygen atoms in total. The highest BCUT2D eigenvalue weighted by Crippen LogP contribution is 2.25. The van der Waals surface area contributed by atoms with E-state index in [9.17, 15) is 9.59 Å². The third-order valence-corrected chi connectivity index (χ3v) is 6.73. The number of hydrogen-bond acceptors (Lipinski definition) is 5. The van der Waals surface area contributed by atoms with E-state index in [0.717, 1.165) is 41.7 Å². The van der Waals surface area contributed by atoms with Gasteiger partial charge in [0.2, 0.25) is 5.91 Å². The van der Waals surface area contributed by atoms with E-state index in [2.05, 4.69) is 22.2 Å². The van der Waals surface area contributed by atoms with Gasteiger partial charge in [-0.15, -0.1) is 0 Å². The summed E-state index contributed by atoms with van der Waals surface area (Å²) in [5.41, 5.74) is 5.42. The van der Waals surface area contributed by atoms with Crippen LogP contribution < -0.4 is 0 Å². The number of ether oxygens (including phenoxy) is 1. The molecule has 1 aliphatic rings. The van der Waals surface area contributed by atoms with Crippen LogP contribution in [0.1, 0.15) is 47.1 Å². The van der Waals surface area contributed by atoms with Crippen molar-refractivity contribution in [2.45, 2.75) is 52.2 Å². The van der Waals surface area contributed by atoms with Crippen LogP contribution in [-0.4, -0.2) is 49.3 Å². The third kappa shape index (κ3) is 5.03. The minimum Gasteiger partial charge on any atom is -0.461 e. The van der Waals surface area contributed by atoms with Gasteiger partial charge >= 0.3 is 5.97 Å². The van der Waals surface area contributed by atoms with E-state index in [0.29, 0.717) is 38.2 Å². The molecule has 0 spiro atoms. The maximum absolute atomic E-state index is 13.1. The average molecular weight is 486 g/mol. The van der Waals surface area contributed by atoms with Crippen LogP contribution in [0.15, 0.2) is 60.9 Å². The number of aromatic nitrogens is 4. The Kier molecular flexibility index (Phi) is 7.11. The van der Waals surface area contributed by atoms with Crippen LogP contribution >= 0.6 is 0 Å². The standard InChI is InChI=1S/C28H31N5O3/c1-2-36-28(35)27-22-19-31(26(34)15-18-32-20-29-23-12-6-7-13-25(23)32)17-14-24(22)33(30-27)16-8-11-21-9-4-3-5-10-21/h3-7,9-10,12-13,20H,2,8,11,14-19H2,1H3. The first kappa shape index (κ1) is 23.8. The lowest BCUT2D eigenvalue weighted by Crippen LogP contribution is -2.37. The molecule has 36 heavy (non-hydrogen) atoms. The molecule has 2 aromatic heterocycles. The fourth-order valence-electron chi connectivity index (χ4n) is 4.89. The van der Waals surface area contributed by atoms with Crippen molar-refractivity contribution in [1.82, 2.24) is 24.2 Å². The van der Waals surface area contributed by atoms with Crippen molar-refractivity contribution in [2.24, 2.45) is 0 Å². The van der Waals surface area contributed by atoms with E-state index >= 15 is 0 Å². The zero-order valence-electron chi connectivity index (χ0n) is 20.6. The number of esters is 1. The molecule has 1 amide bonds. The second-order valence-corrected chi connectivity index (χ2v) is 9.05. The highest BCUT2D eigenvalue weighted by atomic mass is 16.5. The van der Waals surface area contributed by atoms with E-state index in [1.165, 1.54) is 5.56 Å². The van der Waals surface area contributed by atoms with E-state index in [1.807, 2.05) is 56.6 Å². The van der Waals surface area contributed by atoms with Gasteiger partial charge in [-0.2, -0.15) is 5.10 Å². The summed E-state index contributed by atoms with van der Waals surface area (Å²) in [7, 11) is 0. The number of nitrogens with zero attached hydrogens (tertiary/aromatic N) is 5. The molecule has 0 saturated heterocycles. The van der Waals surface area contributed by atoms with Crippen LogP contribution in [0, 0.1) is 0 Å². The Morgan fingerprint density at radius 3 is 2.67 bits per heavy atom. The first-order chi connectivity index (χ1) is 17.6. The Hall–Kier alpha value is -3.94. The van der Waals surface area contributed by atoms with Crippen LogP contribution in [0.2, 0.25) is 0 Å². The molecule has 0 unspecified atom stereocenters. The summed E-state index contributed by atoms with van der Waals surface area (Å²) in [5.74, 6) is -0.361. The topological polar surface area (TPSA) is 82.3 Å². The molecular weight excluding hydrogens is 454 g/mol. The summed E-state index contributed by atoms with van der Waals surface area (Å²) in [6, 6.07) is 18.3. The first-order valence-corrected chi connectivity index (χ1v) is 12.6. The Balaban J connectivity index is 1.28. The maximum atomic E-state index is 13.1. The first-order valence-electron chi connectivity index (χ1n) is 12.6. The number of benzene rings is 2. The van der Waals surface area contributed by atoms with Gasteiger partial charge in [-0.1, -0.05) is 42.5 Å². The van der Waals surface area contributed by atoms with Crippen LogP contribution in [0.4, 0.5) is 0 Å². The van der Waals surface area contributed by atoms with Crippen LogP contribution in [-0.2, 0) is 42.0 Å². The Labute approximate surface area is 210 Å². The molecule has 0 N–H and O–H groups in total. The van der Waals surface area contributed by atoms with Crippen molar-refractivity contribution in [3.05, 3.63) is 83.4 Å². The van der Waals surface area contributed by atoms with Crippen molar-refractivity contribution in [2.75, 3.05) is 13.2 Å². The highest BCUT2D eigenvalue weighted by Gasteiger charge is 2.30. The largest absolute Gasteiger partial charge is 0.461 e. The molecule has 0 atom stereocenters. The number of carbonyl (C=O) groups excluding carboxylic acids is 2. The van der Waals surface area contributed by atoms with Gasteiger partial charge in [0.15, 0.2) is 5.69 Å². The summed E-state index contributed by atoms with van der Waals surface area (Å²) in [6.45, 7) is 4.35. The number of imidazole rings is 1. The molecular formula is C28H31N5O3. The van der Waals surface area contributed by atoms with E-state index in [-0.39, 0.29) is 12.5 Å². The lowest BCUT2D eigenvalue weighted by Gasteiger charge is -2.28. The number of aryl methyl sites for hydroxylation is 3. The van der Waals surface area contributed by atoms with Gasteiger partial charge in [-0.3, -0.25) is 9.48 Å². The van der Waals surface area contributed by atoms with Gasteiger partial charge < -0.3 is 14.2 Å². The number of amides is 1. The third-order valence-electron chi connectivity index (χ3n) is 6.73. The van der Waals surface area contributed by atoms with Crippen molar-refractivity contribution in [3.8, 4) is 0 Å². The summed E-state index contributed by atoms with van der Waals surface area (Å²) < 4.78 is 9.25. The molecule has 0 aliphatic carbocycles. The van der Waals surface area contributed by atoms with Crippen LogP contribution in [0.25, 0.3) is 11.0 Å². The summed E-state index contributed by atoms with van der Waals surface area (Å²) in [6.07, 6.45) is 4.69. The van der Waals surface area contributed by atoms with Gasteiger partial charge in [0.25, 0.3) is 0 Å². The van der Waals surface area contributed by atoms with Crippen molar-refractivity contribution < 1.29 is 14.3 Å². The van der Waals surface area contributed by atoms with Gasteiger partial charge in [-0.05, 0) is 37.5 Å².